The van der Waals surface area contributed by atoms with Gasteiger partial charge in [0.15, 0.2) is 0 Å². The lowest BCUT2D eigenvalue weighted by Gasteiger charge is -2.30. The number of amides is 1. The van der Waals surface area contributed by atoms with E-state index in [9.17, 15) is 13.2 Å². The SMILES string of the molecule is CCOc1ccc(S(=O)(=O)N2CCC(C(=O)NCc3ccc(Cl)cc3)CC2)cc1Cl. The maximum Gasteiger partial charge on any atom is 0.243 e. The van der Waals surface area contributed by atoms with Crippen LogP contribution in [0.2, 0.25) is 10.0 Å². The second-order valence-electron chi connectivity index (χ2n) is 7.05. The molecule has 9 heteroatoms. The zero-order valence-electron chi connectivity index (χ0n) is 16.6. The lowest BCUT2D eigenvalue weighted by atomic mass is 9.97. The average molecular weight is 471 g/mol. The molecule has 0 aromatic heterocycles. The summed E-state index contributed by atoms with van der Waals surface area (Å²) < 4.78 is 32.6. The molecule has 1 N–H and O–H groups in total. The van der Waals surface area contributed by atoms with Crippen LogP contribution in [-0.4, -0.2) is 38.3 Å². The maximum atomic E-state index is 12.9. The van der Waals surface area contributed by atoms with Crippen molar-refractivity contribution < 1.29 is 17.9 Å². The van der Waals surface area contributed by atoms with Gasteiger partial charge in [0.05, 0.1) is 16.5 Å². The van der Waals surface area contributed by atoms with Crippen molar-refractivity contribution in [3.8, 4) is 5.75 Å². The van der Waals surface area contributed by atoms with E-state index in [2.05, 4.69) is 5.32 Å². The first-order valence-corrected chi connectivity index (χ1v) is 12.0. The van der Waals surface area contributed by atoms with Crippen LogP contribution in [0.25, 0.3) is 0 Å². The Labute approximate surface area is 187 Å². The van der Waals surface area contributed by atoms with E-state index in [4.69, 9.17) is 27.9 Å². The van der Waals surface area contributed by atoms with Crippen LogP contribution in [0.5, 0.6) is 5.75 Å². The maximum absolute atomic E-state index is 12.9. The average Bonchev–Trinajstić information content (AvgIpc) is 2.74. The highest BCUT2D eigenvalue weighted by Crippen LogP contribution is 2.30. The molecule has 6 nitrogen and oxygen atoms in total. The first kappa shape index (κ1) is 22.9. The molecular weight excluding hydrogens is 447 g/mol. The molecular formula is C21H24Cl2N2O4S. The molecule has 2 aromatic carbocycles. The number of benzene rings is 2. The zero-order valence-corrected chi connectivity index (χ0v) is 18.9. The highest BCUT2D eigenvalue weighted by Gasteiger charge is 2.32. The predicted octanol–water partition coefficient (Wildman–Crippen LogP) is 4.11. The Kier molecular flexibility index (Phi) is 7.63. The standard InChI is InChI=1S/C21H24Cl2N2O4S/c1-2-29-20-8-7-18(13-19(20)23)30(27,28)25-11-9-16(10-12-25)21(26)24-14-15-3-5-17(22)6-4-15/h3-8,13,16H,2,9-12,14H2,1H3,(H,24,26). The molecule has 0 saturated carbocycles. The summed E-state index contributed by atoms with van der Waals surface area (Å²) in [4.78, 5) is 12.6. The van der Waals surface area contributed by atoms with Gasteiger partial charge in [-0.3, -0.25) is 4.79 Å². The number of nitrogens with one attached hydrogen (secondary N) is 1. The van der Waals surface area contributed by atoms with Gasteiger partial charge in [0, 0.05) is 30.6 Å². The van der Waals surface area contributed by atoms with E-state index in [0.717, 1.165) is 5.56 Å². The number of nitrogens with zero attached hydrogens (tertiary/aromatic N) is 1. The monoisotopic (exact) mass is 470 g/mol. The van der Waals surface area contributed by atoms with Crippen molar-refractivity contribution in [2.45, 2.75) is 31.2 Å². The molecule has 0 atom stereocenters. The van der Waals surface area contributed by atoms with Crippen molar-refractivity contribution in [2.24, 2.45) is 5.92 Å². The van der Waals surface area contributed by atoms with Crippen LogP contribution >= 0.6 is 23.2 Å². The van der Waals surface area contributed by atoms with E-state index in [0.29, 0.717) is 36.8 Å². The van der Waals surface area contributed by atoms with Crippen molar-refractivity contribution >= 4 is 39.1 Å². The molecule has 162 valence electrons. The number of carbonyl (C=O) groups excluding carboxylic acids is 1. The number of hydrogen-bond acceptors (Lipinski definition) is 4. The fourth-order valence-electron chi connectivity index (χ4n) is 3.36. The highest BCUT2D eigenvalue weighted by atomic mass is 35.5. The van der Waals surface area contributed by atoms with Crippen LogP contribution in [0.15, 0.2) is 47.4 Å². The normalized spacial score (nSPS) is 15.7. The number of rotatable bonds is 7. The van der Waals surface area contributed by atoms with Crippen LogP contribution in [-0.2, 0) is 21.4 Å². The molecule has 2 aromatic rings. The van der Waals surface area contributed by atoms with Crippen LogP contribution in [0.1, 0.15) is 25.3 Å². The molecule has 1 heterocycles. The molecule has 0 radical (unpaired) electrons. The smallest absolute Gasteiger partial charge is 0.243 e. The molecule has 0 aliphatic carbocycles. The summed E-state index contributed by atoms with van der Waals surface area (Å²) in [6, 6.07) is 11.7. The predicted molar refractivity (Wildman–Crippen MR) is 117 cm³/mol. The Bertz CT molecular complexity index is 989. The van der Waals surface area contributed by atoms with Gasteiger partial charge < -0.3 is 10.1 Å². The summed E-state index contributed by atoms with van der Waals surface area (Å²) >= 11 is 12.0. The van der Waals surface area contributed by atoms with Crippen molar-refractivity contribution in [3.05, 3.63) is 58.1 Å². The second-order valence-corrected chi connectivity index (χ2v) is 9.83. The van der Waals surface area contributed by atoms with Gasteiger partial charge in [0.1, 0.15) is 5.75 Å². The Hall–Kier alpha value is -1.80. The lowest BCUT2D eigenvalue weighted by molar-refractivity contribution is -0.126. The van der Waals surface area contributed by atoms with E-state index >= 15 is 0 Å². The molecule has 1 aliphatic rings. The summed E-state index contributed by atoms with van der Waals surface area (Å²) in [5.41, 5.74) is 0.958. The van der Waals surface area contributed by atoms with Gasteiger partial charge in [-0.25, -0.2) is 8.42 Å². The number of halogens is 2. The Morgan fingerprint density at radius 2 is 1.80 bits per heavy atom. The number of piperidine rings is 1. The molecule has 3 rings (SSSR count). The quantitative estimate of drug-likeness (QED) is 0.660. The van der Waals surface area contributed by atoms with E-state index in [1.54, 1.807) is 18.2 Å². The van der Waals surface area contributed by atoms with Gasteiger partial charge in [0.2, 0.25) is 15.9 Å². The molecule has 1 amide bonds. The largest absolute Gasteiger partial charge is 0.492 e. The number of sulfonamides is 1. The molecule has 0 unspecified atom stereocenters. The van der Waals surface area contributed by atoms with E-state index < -0.39 is 10.0 Å². The van der Waals surface area contributed by atoms with Crippen LogP contribution in [0, 0.1) is 5.92 Å². The van der Waals surface area contributed by atoms with E-state index in [-0.39, 0.29) is 34.8 Å². The van der Waals surface area contributed by atoms with E-state index in [1.165, 1.54) is 16.4 Å². The zero-order chi connectivity index (χ0) is 21.7. The van der Waals surface area contributed by atoms with Crippen LogP contribution in [0.3, 0.4) is 0 Å². The van der Waals surface area contributed by atoms with Crippen molar-refractivity contribution in [1.29, 1.82) is 0 Å². The van der Waals surface area contributed by atoms with Crippen molar-refractivity contribution in [2.75, 3.05) is 19.7 Å². The second kappa shape index (κ2) is 10.0. The third-order valence-electron chi connectivity index (χ3n) is 5.05. The van der Waals surface area contributed by atoms with Gasteiger partial charge in [-0.1, -0.05) is 35.3 Å². The molecule has 30 heavy (non-hydrogen) atoms. The van der Waals surface area contributed by atoms with Gasteiger partial charge >= 0.3 is 0 Å². The molecule has 1 fully saturated rings. The van der Waals surface area contributed by atoms with Crippen molar-refractivity contribution in [3.63, 3.8) is 0 Å². The summed E-state index contributed by atoms with van der Waals surface area (Å²) in [5, 5.41) is 3.82. The molecule has 0 spiro atoms. The summed E-state index contributed by atoms with van der Waals surface area (Å²) in [6.07, 6.45) is 0.937. The Balaban J connectivity index is 1.56. The third kappa shape index (κ3) is 5.46. The summed E-state index contributed by atoms with van der Waals surface area (Å²) in [5.74, 6) is 0.174. The minimum absolute atomic E-state index is 0.0638. The van der Waals surface area contributed by atoms with Gasteiger partial charge in [0.25, 0.3) is 0 Å². The Morgan fingerprint density at radius 3 is 2.40 bits per heavy atom. The van der Waals surface area contributed by atoms with Crippen LogP contribution in [0.4, 0.5) is 0 Å². The van der Waals surface area contributed by atoms with Gasteiger partial charge in [-0.05, 0) is 55.7 Å². The summed E-state index contributed by atoms with van der Waals surface area (Å²) in [6.45, 7) is 3.26. The molecule has 1 saturated heterocycles. The lowest BCUT2D eigenvalue weighted by Crippen LogP contribution is -2.42. The fourth-order valence-corrected chi connectivity index (χ4v) is 5.28. The number of ether oxygens (including phenoxy) is 1. The molecule has 1 aliphatic heterocycles. The van der Waals surface area contributed by atoms with Gasteiger partial charge in [-0.15, -0.1) is 0 Å². The third-order valence-corrected chi connectivity index (χ3v) is 7.49. The van der Waals surface area contributed by atoms with E-state index in [1.807, 2.05) is 19.1 Å². The summed E-state index contributed by atoms with van der Waals surface area (Å²) in [7, 11) is -3.68. The topological polar surface area (TPSA) is 75.7 Å². The van der Waals surface area contributed by atoms with Crippen LogP contribution < -0.4 is 10.1 Å². The number of carbonyl (C=O) groups is 1. The van der Waals surface area contributed by atoms with Gasteiger partial charge in [-0.2, -0.15) is 4.31 Å². The molecule has 0 bridgehead atoms. The minimum Gasteiger partial charge on any atom is -0.492 e. The minimum atomic E-state index is -3.68. The van der Waals surface area contributed by atoms with Crippen molar-refractivity contribution in [1.82, 2.24) is 9.62 Å². The fraction of sp³-hybridized carbons (Fsp3) is 0.381. The highest BCUT2D eigenvalue weighted by molar-refractivity contribution is 7.89. The number of hydrogen-bond donors (Lipinski definition) is 1. The first-order chi connectivity index (χ1) is 14.3. The first-order valence-electron chi connectivity index (χ1n) is 9.76. The Morgan fingerprint density at radius 1 is 1.13 bits per heavy atom.